The predicted molar refractivity (Wildman–Crippen MR) is 81.8 cm³/mol. The van der Waals surface area contributed by atoms with Gasteiger partial charge >= 0.3 is 5.97 Å². The zero-order chi connectivity index (χ0) is 15.6. The molecule has 0 bridgehead atoms. The minimum Gasteiger partial charge on any atom is -0.480 e. The van der Waals surface area contributed by atoms with Crippen molar-refractivity contribution in [3.8, 4) is 10.6 Å². The first-order valence-electron chi connectivity index (χ1n) is 6.11. The highest BCUT2D eigenvalue weighted by Crippen LogP contribution is 2.26. The minimum absolute atomic E-state index is 0.227. The van der Waals surface area contributed by atoms with Crippen LogP contribution in [0, 0.1) is 0 Å². The summed E-state index contributed by atoms with van der Waals surface area (Å²) in [6.07, 6.45) is 0. The van der Waals surface area contributed by atoms with Crippen molar-refractivity contribution < 1.29 is 14.7 Å². The Morgan fingerprint density at radius 1 is 1.43 bits per heavy atom. The van der Waals surface area contributed by atoms with Gasteiger partial charge in [-0.15, -0.1) is 11.3 Å². The maximum absolute atomic E-state index is 12.2. The second kappa shape index (κ2) is 6.24. The fraction of sp³-hybridized carbons (Fsp3) is 0.214. The van der Waals surface area contributed by atoms with E-state index in [0.29, 0.717) is 10.0 Å². The topological polar surface area (TPSA) is 70.5 Å². The van der Waals surface area contributed by atoms with Crippen LogP contribution in [0.3, 0.4) is 0 Å². The first-order valence-corrected chi connectivity index (χ1v) is 7.37. The van der Waals surface area contributed by atoms with Gasteiger partial charge < -0.3 is 10.0 Å². The van der Waals surface area contributed by atoms with E-state index in [0.717, 1.165) is 10.5 Å². The summed E-state index contributed by atoms with van der Waals surface area (Å²) in [5.41, 5.74) is 1.05. The lowest BCUT2D eigenvalue weighted by molar-refractivity contribution is -0.141. The summed E-state index contributed by atoms with van der Waals surface area (Å²) in [4.78, 5) is 28.5. The quantitative estimate of drug-likeness (QED) is 0.938. The third-order valence-electron chi connectivity index (χ3n) is 3.05. The van der Waals surface area contributed by atoms with Crippen LogP contribution in [0.5, 0.6) is 0 Å². The molecule has 1 amide bonds. The van der Waals surface area contributed by atoms with Crippen LogP contribution in [-0.4, -0.2) is 40.0 Å². The highest BCUT2D eigenvalue weighted by Gasteiger charge is 2.24. The molecule has 2 aromatic rings. The van der Waals surface area contributed by atoms with Gasteiger partial charge in [0.2, 0.25) is 0 Å². The first kappa shape index (κ1) is 15.5. The number of rotatable bonds is 4. The van der Waals surface area contributed by atoms with Crippen molar-refractivity contribution in [2.45, 2.75) is 13.0 Å². The number of hydrogen-bond donors (Lipinski definition) is 1. The van der Waals surface area contributed by atoms with Crippen LogP contribution in [0.2, 0.25) is 5.02 Å². The van der Waals surface area contributed by atoms with Crippen LogP contribution in [0.1, 0.15) is 17.4 Å². The van der Waals surface area contributed by atoms with Gasteiger partial charge in [0.15, 0.2) is 0 Å². The lowest BCUT2D eigenvalue weighted by Crippen LogP contribution is -2.40. The van der Waals surface area contributed by atoms with Gasteiger partial charge in [-0.1, -0.05) is 23.7 Å². The SMILES string of the molecule is CC(C(=O)O)N(C)C(=O)c1csc(-c2cccc(Cl)c2)n1. The van der Waals surface area contributed by atoms with Crippen LogP contribution < -0.4 is 0 Å². The molecular weight excluding hydrogens is 312 g/mol. The Kier molecular flexibility index (Phi) is 4.59. The van der Waals surface area contributed by atoms with E-state index in [-0.39, 0.29) is 5.69 Å². The molecule has 0 spiro atoms. The molecule has 21 heavy (non-hydrogen) atoms. The van der Waals surface area contributed by atoms with E-state index in [2.05, 4.69) is 4.98 Å². The van der Waals surface area contributed by atoms with E-state index >= 15 is 0 Å². The molecule has 2 rings (SSSR count). The molecule has 1 N–H and O–H groups in total. The van der Waals surface area contributed by atoms with Gasteiger partial charge in [-0.2, -0.15) is 0 Å². The van der Waals surface area contributed by atoms with Crippen LogP contribution in [-0.2, 0) is 4.79 Å². The molecule has 1 aromatic heterocycles. The molecule has 7 heteroatoms. The molecule has 0 radical (unpaired) electrons. The number of carboxylic acid groups (broad SMARTS) is 1. The zero-order valence-electron chi connectivity index (χ0n) is 11.4. The molecule has 1 aromatic carbocycles. The molecule has 0 aliphatic carbocycles. The standard InChI is InChI=1S/C14H13ClN2O3S/c1-8(14(19)20)17(2)13(18)11-7-21-12(16-11)9-4-3-5-10(15)6-9/h3-8H,1-2H3,(H,19,20). The van der Waals surface area contributed by atoms with Crippen molar-refractivity contribution in [1.82, 2.24) is 9.88 Å². The fourth-order valence-corrected chi connectivity index (χ4v) is 2.63. The highest BCUT2D eigenvalue weighted by atomic mass is 35.5. The van der Waals surface area contributed by atoms with E-state index in [1.165, 1.54) is 25.3 Å². The second-order valence-electron chi connectivity index (χ2n) is 4.48. The molecule has 0 saturated carbocycles. The molecule has 1 unspecified atom stereocenters. The molecule has 0 aliphatic rings. The van der Waals surface area contributed by atoms with Gasteiger partial charge in [-0.05, 0) is 19.1 Å². The van der Waals surface area contributed by atoms with Crippen molar-refractivity contribution in [2.24, 2.45) is 0 Å². The molecule has 1 atom stereocenters. The number of halogens is 1. The smallest absolute Gasteiger partial charge is 0.326 e. The van der Waals surface area contributed by atoms with Crippen molar-refractivity contribution in [3.63, 3.8) is 0 Å². The maximum Gasteiger partial charge on any atom is 0.326 e. The Morgan fingerprint density at radius 3 is 2.76 bits per heavy atom. The number of amides is 1. The zero-order valence-corrected chi connectivity index (χ0v) is 13.0. The van der Waals surface area contributed by atoms with Gasteiger partial charge in [0.1, 0.15) is 16.7 Å². The van der Waals surface area contributed by atoms with Crippen LogP contribution in [0.15, 0.2) is 29.6 Å². The van der Waals surface area contributed by atoms with Crippen LogP contribution in [0.25, 0.3) is 10.6 Å². The largest absolute Gasteiger partial charge is 0.480 e. The average molecular weight is 325 g/mol. The molecule has 110 valence electrons. The van der Waals surface area contributed by atoms with E-state index in [1.807, 2.05) is 6.07 Å². The Hall–Kier alpha value is -1.92. The summed E-state index contributed by atoms with van der Waals surface area (Å²) in [5.74, 6) is -1.48. The Morgan fingerprint density at radius 2 is 2.14 bits per heavy atom. The molecule has 5 nitrogen and oxygen atoms in total. The van der Waals surface area contributed by atoms with E-state index < -0.39 is 17.9 Å². The Bertz CT molecular complexity index is 686. The average Bonchev–Trinajstić information content (AvgIpc) is 2.94. The number of hydrogen-bond acceptors (Lipinski definition) is 4. The molecule has 1 heterocycles. The van der Waals surface area contributed by atoms with E-state index in [1.54, 1.807) is 23.6 Å². The number of nitrogens with zero attached hydrogens (tertiary/aromatic N) is 2. The minimum atomic E-state index is -1.06. The summed E-state index contributed by atoms with van der Waals surface area (Å²) < 4.78 is 0. The predicted octanol–water partition coefficient (Wildman–Crippen LogP) is 3.01. The van der Waals surface area contributed by atoms with Crippen molar-refractivity contribution in [2.75, 3.05) is 7.05 Å². The van der Waals surface area contributed by atoms with Gasteiger partial charge in [-0.3, -0.25) is 4.79 Å². The van der Waals surface area contributed by atoms with Crippen molar-refractivity contribution in [1.29, 1.82) is 0 Å². The highest BCUT2D eigenvalue weighted by molar-refractivity contribution is 7.13. The third-order valence-corrected chi connectivity index (χ3v) is 4.18. The van der Waals surface area contributed by atoms with Gasteiger partial charge in [-0.25, -0.2) is 9.78 Å². The number of carboxylic acids is 1. The number of aliphatic carboxylic acids is 1. The van der Waals surface area contributed by atoms with Crippen molar-refractivity contribution in [3.05, 3.63) is 40.4 Å². The van der Waals surface area contributed by atoms with Gasteiger partial charge in [0, 0.05) is 23.0 Å². The van der Waals surface area contributed by atoms with Crippen LogP contribution >= 0.6 is 22.9 Å². The van der Waals surface area contributed by atoms with Crippen molar-refractivity contribution >= 4 is 34.8 Å². The summed E-state index contributed by atoms with van der Waals surface area (Å²) in [5, 5.41) is 11.8. The molecule has 0 fully saturated rings. The molecule has 0 aliphatic heterocycles. The number of aromatic nitrogens is 1. The lowest BCUT2D eigenvalue weighted by Gasteiger charge is -2.20. The number of benzene rings is 1. The van der Waals surface area contributed by atoms with E-state index in [4.69, 9.17) is 16.7 Å². The van der Waals surface area contributed by atoms with Gasteiger partial charge in [0.05, 0.1) is 0 Å². The number of thiazole rings is 1. The maximum atomic E-state index is 12.2. The third kappa shape index (κ3) is 3.40. The Balaban J connectivity index is 2.24. The van der Waals surface area contributed by atoms with Crippen LogP contribution in [0.4, 0.5) is 0 Å². The number of likely N-dealkylation sites (N-methyl/N-ethyl adjacent to an activating group) is 1. The normalized spacial score (nSPS) is 12.0. The second-order valence-corrected chi connectivity index (χ2v) is 5.77. The van der Waals surface area contributed by atoms with Gasteiger partial charge in [0.25, 0.3) is 5.91 Å². The summed E-state index contributed by atoms with van der Waals surface area (Å²) in [6, 6.07) is 6.27. The lowest BCUT2D eigenvalue weighted by atomic mass is 10.2. The summed E-state index contributed by atoms with van der Waals surface area (Å²) in [6.45, 7) is 1.45. The number of carbonyl (C=O) groups is 2. The monoisotopic (exact) mass is 324 g/mol. The Labute approximate surface area is 130 Å². The fourth-order valence-electron chi connectivity index (χ4n) is 1.65. The molecular formula is C14H13ClN2O3S. The first-order chi connectivity index (χ1) is 9.90. The summed E-state index contributed by atoms with van der Waals surface area (Å²) >= 11 is 7.24. The molecule has 0 saturated heterocycles. The summed E-state index contributed by atoms with van der Waals surface area (Å²) in [7, 11) is 1.44. The number of carbonyl (C=O) groups excluding carboxylic acids is 1. The van der Waals surface area contributed by atoms with E-state index in [9.17, 15) is 9.59 Å².